The molecule has 1 heterocycles. The Labute approximate surface area is 110 Å². The molecule has 18 heavy (non-hydrogen) atoms. The van der Waals surface area contributed by atoms with Crippen LogP contribution in [0.4, 0.5) is 0 Å². The fourth-order valence-electron chi connectivity index (χ4n) is 2.15. The lowest BCUT2D eigenvalue weighted by atomic mass is 10.0. The summed E-state index contributed by atoms with van der Waals surface area (Å²) in [6.07, 6.45) is 0.913. The zero-order valence-electron chi connectivity index (χ0n) is 10.1. The second-order valence-corrected chi connectivity index (χ2v) is 4.82. The lowest BCUT2D eigenvalue weighted by Gasteiger charge is -2.05. The minimum Gasteiger partial charge on any atom is -0.429 e. The first-order valence-electron chi connectivity index (χ1n) is 5.88. The van der Waals surface area contributed by atoms with Gasteiger partial charge in [0.05, 0.1) is 5.52 Å². The van der Waals surface area contributed by atoms with Crippen LogP contribution in [0.3, 0.4) is 0 Å². The monoisotopic (exact) mass is 255 g/mol. The normalized spacial score (nSPS) is 10.9. The van der Waals surface area contributed by atoms with Crippen molar-refractivity contribution in [1.29, 1.82) is 0 Å². The highest BCUT2D eigenvalue weighted by Gasteiger charge is 2.05. The average Bonchev–Trinajstić information content (AvgIpc) is 2.70. The number of aromatic amines is 1. The summed E-state index contributed by atoms with van der Waals surface area (Å²) in [6, 6.07) is 14.6. The van der Waals surface area contributed by atoms with Crippen LogP contribution >= 0.6 is 12.2 Å². The van der Waals surface area contributed by atoms with Gasteiger partial charge in [0.25, 0.3) is 4.84 Å². The summed E-state index contributed by atoms with van der Waals surface area (Å²) in [7, 11) is 0. The highest BCUT2D eigenvalue weighted by molar-refractivity contribution is 7.71. The van der Waals surface area contributed by atoms with E-state index in [1.807, 2.05) is 6.07 Å². The zero-order chi connectivity index (χ0) is 12.5. The minimum atomic E-state index is 0.432. The van der Waals surface area contributed by atoms with Crippen LogP contribution in [0.1, 0.15) is 16.7 Å². The van der Waals surface area contributed by atoms with E-state index in [0.717, 1.165) is 17.5 Å². The standard InChI is InChI=1S/C15H13NOS/c1-10-7-13-14(17-15(18)16-13)9-12(10)8-11-5-3-2-4-6-11/h2-7,9H,8H2,1H3,(H,16,18). The first kappa shape index (κ1) is 11.2. The summed E-state index contributed by atoms with van der Waals surface area (Å²) >= 11 is 5.01. The van der Waals surface area contributed by atoms with Gasteiger partial charge in [-0.2, -0.15) is 0 Å². The summed E-state index contributed by atoms with van der Waals surface area (Å²) in [6.45, 7) is 2.11. The van der Waals surface area contributed by atoms with Gasteiger partial charge in [0.15, 0.2) is 5.58 Å². The Hall–Kier alpha value is -1.87. The van der Waals surface area contributed by atoms with Crippen LogP contribution in [-0.4, -0.2) is 4.98 Å². The van der Waals surface area contributed by atoms with Gasteiger partial charge in [0.2, 0.25) is 0 Å². The predicted octanol–water partition coefficient (Wildman–Crippen LogP) is 4.39. The fourth-order valence-corrected chi connectivity index (χ4v) is 2.35. The third-order valence-corrected chi connectivity index (χ3v) is 3.30. The molecule has 1 aromatic heterocycles. The van der Waals surface area contributed by atoms with Crippen molar-refractivity contribution >= 4 is 23.3 Å². The van der Waals surface area contributed by atoms with Crippen LogP contribution in [-0.2, 0) is 6.42 Å². The van der Waals surface area contributed by atoms with Crippen molar-refractivity contribution < 1.29 is 4.42 Å². The molecule has 0 saturated heterocycles. The molecule has 0 saturated carbocycles. The molecular formula is C15H13NOS. The second-order valence-electron chi connectivity index (χ2n) is 4.45. The Bertz CT molecular complexity index is 740. The lowest BCUT2D eigenvalue weighted by Crippen LogP contribution is -1.91. The molecule has 0 atom stereocenters. The molecule has 0 aliphatic rings. The zero-order valence-corrected chi connectivity index (χ0v) is 10.9. The van der Waals surface area contributed by atoms with Gasteiger partial charge in [-0.15, -0.1) is 0 Å². The van der Waals surface area contributed by atoms with E-state index in [4.69, 9.17) is 16.6 Å². The topological polar surface area (TPSA) is 28.9 Å². The van der Waals surface area contributed by atoms with Crippen molar-refractivity contribution in [3.05, 3.63) is 64.0 Å². The smallest absolute Gasteiger partial charge is 0.266 e. The molecule has 3 aromatic rings. The maximum absolute atomic E-state index is 5.46. The number of H-pyrrole nitrogens is 1. The molecule has 2 aromatic carbocycles. The van der Waals surface area contributed by atoms with Crippen molar-refractivity contribution in [1.82, 2.24) is 4.98 Å². The Balaban J connectivity index is 2.06. The number of nitrogens with one attached hydrogen (secondary N) is 1. The van der Waals surface area contributed by atoms with Crippen molar-refractivity contribution in [3.8, 4) is 0 Å². The van der Waals surface area contributed by atoms with E-state index in [0.29, 0.717) is 4.84 Å². The number of aryl methyl sites for hydroxylation is 1. The average molecular weight is 255 g/mol. The molecule has 3 heteroatoms. The van der Waals surface area contributed by atoms with Gasteiger partial charge >= 0.3 is 0 Å². The van der Waals surface area contributed by atoms with Gasteiger partial charge < -0.3 is 9.40 Å². The third-order valence-electron chi connectivity index (χ3n) is 3.11. The van der Waals surface area contributed by atoms with Gasteiger partial charge in [-0.25, -0.2) is 0 Å². The number of benzene rings is 2. The minimum absolute atomic E-state index is 0.432. The van der Waals surface area contributed by atoms with Crippen LogP contribution in [0, 0.1) is 11.8 Å². The van der Waals surface area contributed by atoms with Crippen LogP contribution in [0.15, 0.2) is 46.9 Å². The van der Waals surface area contributed by atoms with Crippen molar-refractivity contribution in [2.75, 3.05) is 0 Å². The largest absolute Gasteiger partial charge is 0.429 e. The summed E-state index contributed by atoms with van der Waals surface area (Å²) in [5.41, 5.74) is 5.62. The van der Waals surface area contributed by atoms with Gasteiger partial charge in [-0.3, -0.25) is 0 Å². The van der Waals surface area contributed by atoms with E-state index < -0.39 is 0 Å². The van der Waals surface area contributed by atoms with E-state index in [9.17, 15) is 0 Å². The summed E-state index contributed by atoms with van der Waals surface area (Å²) in [5, 5.41) is 0. The molecule has 0 aliphatic carbocycles. The number of hydrogen-bond acceptors (Lipinski definition) is 2. The molecule has 0 radical (unpaired) electrons. The van der Waals surface area contributed by atoms with Crippen LogP contribution in [0.5, 0.6) is 0 Å². The molecule has 0 fully saturated rings. The first-order chi connectivity index (χ1) is 8.72. The van der Waals surface area contributed by atoms with E-state index in [2.05, 4.69) is 48.3 Å². The molecule has 0 unspecified atom stereocenters. The third kappa shape index (κ3) is 2.09. The second kappa shape index (κ2) is 4.42. The van der Waals surface area contributed by atoms with E-state index in [1.165, 1.54) is 16.7 Å². The Morgan fingerprint density at radius 2 is 1.94 bits per heavy atom. The van der Waals surface area contributed by atoms with Gasteiger partial charge in [-0.1, -0.05) is 30.3 Å². The molecule has 3 rings (SSSR count). The fraction of sp³-hybridized carbons (Fsp3) is 0.133. The van der Waals surface area contributed by atoms with E-state index in [1.54, 1.807) is 0 Å². The highest BCUT2D eigenvalue weighted by atomic mass is 32.1. The molecule has 1 N–H and O–H groups in total. The number of fused-ring (bicyclic) bond motifs is 1. The summed E-state index contributed by atoms with van der Waals surface area (Å²) in [4.78, 5) is 3.47. The summed E-state index contributed by atoms with van der Waals surface area (Å²) in [5.74, 6) is 0. The highest BCUT2D eigenvalue weighted by Crippen LogP contribution is 2.21. The Kier molecular flexibility index (Phi) is 2.76. The first-order valence-corrected chi connectivity index (χ1v) is 6.29. The molecule has 90 valence electrons. The van der Waals surface area contributed by atoms with Crippen LogP contribution in [0.25, 0.3) is 11.1 Å². The van der Waals surface area contributed by atoms with E-state index in [-0.39, 0.29) is 0 Å². The van der Waals surface area contributed by atoms with Gasteiger partial charge in [0, 0.05) is 0 Å². The maximum atomic E-state index is 5.46. The number of hydrogen-bond donors (Lipinski definition) is 1. The Morgan fingerprint density at radius 3 is 2.72 bits per heavy atom. The molecule has 0 spiro atoms. The maximum Gasteiger partial charge on any atom is 0.266 e. The molecular weight excluding hydrogens is 242 g/mol. The molecule has 0 amide bonds. The van der Waals surface area contributed by atoms with Crippen molar-refractivity contribution in [3.63, 3.8) is 0 Å². The van der Waals surface area contributed by atoms with Crippen LogP contribution in [0.2, 0.25) is 0 Å². The summed E-state index contributed by atoms with van der Waals surface area (Å²) < 4.78 is 5.46. The number of aromatic nitrogens is 1. The molecule has 0 aliphatic heterocycles. The van der Waals surface area contributed by atoms with Crippen molar-refractivity contribution in [2.24, 2.45) is 0 Å². The van der Waals surface area contributed by atoms with Crippen molar-refractivity contribution in [2.45, 2.75) is 13.3 Å². The Morgan fingerprint density at radius 1 is 1.17 bits per heavy atom. The van der Waals surface area contributed by atoms with Gasteiger partial charge in [-0.05, 0) is 54.4 Å². The van der Waals surface area contributed by atoms with Gasteiger partial charge in [0.1, 0.15) is 0 Å². The molecule has 2 nitrogen and oxygen atoms in total. The lowest BCUT2D eigenvalue weighted by molar-refractivity contribution is 0.583. The van der Waals surface area contributed by atoms with E-state index >= 15 is 0 Å². The molecule has 0 bridgehead atoms. The SMILES string of the molecule is Cc1cc2[nH]c(=S)oc2cc1Cc1ccccc1. The van der Waals surface area contributed by atoms with Crippen LogP contribution < -0.4 is 0 Å². The predicted molar refractivity (Wildman–Crippen MR) is 75.4 cm³/mol. The quantitative estimate of drug-likeness (QED) is 0.688. The number of rotatable bonds is 2. The number of oxazole rings is 1.